The molecule has 0 saturated heterocycles. The fourth-order valence-corrected chi connectivity index (χ4v) is 2.67. The topological polar surface area (TPSA) is 60.2 Å². The van der Waals surface area contributed by atoms with E-state index in [0.29, 0.717) is 10.6 Å². The third-order valence-corrected chi connectivity index (χ3v) is 4.76. The van der Waals surface area contributed by atoms with Crippen molar-refractivity contribution in [3.63, 3.8) is 0 Å². The first-order valence-electron chi connectivity index (χ1n) is 4.62. The number of nitrogens with two attached hydrogens (primary N) is 1. The van der Waals surface area contributed by atoms with Gasteiger partial charge in [-0.25, -0.2) is 8.42 Å². The highest BCUT2D eigenvalue weighted by atomic mass is 35.5. The molecule has 0 spiro atoms. The van der Waals surface area contributed by atoms with Crippen molar-refractivity contribution in [1.82, 2.24) is 0 Å². The molecule has 0 bridgehead atoms. The van der Waals surface area contributed by atoms with Gasteiger partial charge in [0.25, 0.3) is 0 Å². The van der Waals surface area contributed by atoms with Crippen LogP contribution in [0.5, 0.6) is 0 Å². The average Bonchev–Trinajstić information content (AvgIpc) is 2.20. The van der Waals surface area contributed by atoms with E-state index in [1.165, 1.54) is 0 Å². The molecule has 2 N–H and O–H groups in total. The Morgan fingerprint density at radius 2 is 2.00 bits per heavy atom. The lowest BCUT2D eigenvalue weighted by Crippen LogP contribution is -2.27. The second-order valence-electron chi connectivity index (χ2n) is 3.44. The van der Waals surface area contributed by atoms with Crippen LogP contribution in [0.2, 0.25) is 5.02 Å². The van der Waals surface area contributed by atoms with E-state index in [1.807, 2.05) is 0 Å². The van der Waals surface area contributed by atoms with E-state index in [4.69, 9.17) is 17.3 Å². The Labute approximate surface area is 95.2 Å². The number of hydrogen-bond donors (Lipinski definition) is 1. The van der Waals surface area contributed by atoms with Crippen LogP contribution in [0.3, 0.4) is 0 Å². The van der Waals surface area contributed by atoms with Gasteiger partial charge in [0, 0.05) is 11.6 Å². The van der Waals surface area contributed by atoms with Gasteiger partial charge in [0.2, 0.25) is 0 Å². The predicted molar refractivity (Wildman–Crippen MR) is 62.6 cm³/mol. The molecule has 0 radical (unpaired) electrons. The van der Waals surface area contributed by atoms with Crippen molar-refractivity contribution in [3.8, 4) is 0 Å². The van der Waals surface area contributed by atoms with Crippen LogP contribution in [0.4, 0.5) is 0 Å². The first-order chi connectivity index (χ1) is 6.97. The normalized spacial score (nSPS) is 13.8. The SMILES string of the molecule is CC(CN)S(=O)(=O)Cc1ccccc1Cl. The summed E-state index contributed by atoms with van der Waals surface area (Å²) < 4.78 is 23.5. The molecule has 3 nitrogen and oxygen atoms in total. The standard InChI is InChI=1S/C10H14ClNO2S/c1-8(6-12)15(13,14)7-9-4-2-3-5-10(9)11/h2-5,8H,6-7,12H2,1H3. The zero-order chi connectivity index (χ0) is 11.5. The zero-order valence-corrected chi connectivity index (χ0v) is 10.1. The van der Waals surface area contributed by atoms with Crippen LogP contribution >= 0.6 is 11.6 Å². The molecule has 0 saturated carbocycles. The van der Waals surface area contributed by atoms with Gasteiger partial charge in [-0.15, -0.1) is 0 Å². The summed E-state index contributed by atoms with van der Waals surface area (Å²) in [5.41, 5.74) is 5.96. The smallest absolute Gasteiger partial charge is 0.158 e. The van der Waals surface area contributed by atoms with Crippen molar-refractivity contribution < 1.29 is 8.42 Å². The molecule has 0 aliphatic rings. The number of hydrogen-bond acceptors (Lipinski definition) is 3. The van der Waals surface area contributed by atoms with Crippen molar-refractivity contribution in [2.24, 2.45) is 5.73 Å². The van der Waals surface area contributed by atoms with Crippen molar-refractivity contribution >= 4 is 21.4 Å². The Bertz CT molecular complexity index is 431. The summed E-state index contributed by atoms with van der Waals surface area (Å²) in [4.78, 5) is 0. The van der Waals surface area contributed by atoms with Gasteiger partial charge < -0.3 is 5.73 Å². The van der Waals surface area contributed by atoms with Crippen molar-refractivity contribution in [1.29, 1.82) is 0 Å². The average molecular weight is 248 g/mol. The van der Waals surface area contributed by atoms with Gasteiger partial charge in [-0.3, -0.25) is 0 Å². The quantitative estimate of drug-likeness (QED) is 0.879. The summed E-state index contributed by atoms with van der Waals surface area (Å²) in [6.07, 6.45) is 0. The lowest BCUT2D eigenvalue weighted by Gasteiger charge is -2.11. The molecule has 5 heteroatoms. The molecule has 84 valence electrons. The van der Waals surface area contributed by atoms with Crippen LogP contribution in [0, 0.1) is 0 Å². The molecule has 1 aromatic rings. The van der Waals surface area contributed by atoms with E-state index >= 15 is 0 Å². The fourth-order valence-electron chi connectivity index (χ4n) is 1.12. The number of halogens is 1. The largest absolute Gasteiger partial charge is 0.329 e. The summed E-state index contributed by atoms with van der Waals surface area (Å²) in [5.74, 6) is -0.0506. The maximum absolute atomic E-state index is 11.7. The molecule has 15 heavy (non-hydrogen) atoms. The van der Waals surface area contributed by atoms with E-state index in [9.17, 15) is 8.42 Å². The highest BCUT2D eigenvalue weighted by Crippen LogP contribution is 2.19. The van der Waals surface area contributed by atoms with Crippen LogP contribution in [-0.4, -0.2) is 20.2 Å². The van der Waals surface area contributed by atoms with Crippen LogP contribution in [0.15, 0.2) is 24.3 Å². The molecule has 0 aliphatic heterocycles. The third-order valence-electron chi connectivity index (χ3n) is 2.26. The molecule has 1 atom stereocenters. The monoisotopic (exact) mass is 247 g/mol. The number of benzene rings is 1. The Morgan fingerprint density at radius 3 is 2.53 bits per heavy atom. The second-order valence-corrected chi connectivity index (χ2v) is 6.27. The first-order valence-corrected chi connectivity index (χ1v) is 6.71. The molecule has 0 amide bonds. The van der Waals surface area contributed by atoms with Gasteiger partial charge in [0.05, 0.1) is 11.0 Å². The minimum Gasteiger partial charge on any atom is -0.329 e. The number of sulfone groups is 1. The number of rotatable bonds is 4. The fraction of sp³-hybridized carbons (Fsp3) is 0.400. The van der Waals surface area contributed by atoms with Gasteiger partial charge in [-0.2, -0.15) is 0 Å². The first kappa shape index (κ1) is 12.5. The van der Waals surface area contributed by atoms with Gasteiger partial charge in [-0.05, 0) is 18.6 Å². The van der Waals surface area contributed by atoms with Crippen LogP contribution in [0.1, 0.15) is 12.5 Å². The summed E-state index contributed by atoms with van der Waals surface area (Å²) in [7, 11) is -3.20. The Kier molecular flexibility index (Phi) is 4.13. The minimum atomic E-state index is -3.20. The highest BCUT2D eigenvalue weighted by molar-refractivity contribution is 7.91. The molecule has 0 heterocycles. The van der Waals surface area contributed by atoms with E-state index < -0.39 is 15.1 Å². The maximum atomic E-state index is 11.7. The molecule has 0 aliphatic carbocycles. The molecule has 1 unspecified atom stereocenters. The molecule has 0 fully saturated rings. The van der Waals surface area contributed by atoms with Crippen LogP contribution in [0.25, 0.3) is 0 Å². The Balaban J connectivity index is 2.92. The van der Waals surface area contributed by atoms with Crippen molar-refractivity contribution in [3.05, 3.63) is 34.9 Å². The summed E-state index contributed by atoms with van der Waals surface area (Å²) in [6.45, 7) is 1.74. The summed E-state index contributed by atoms with van der Waals surface area (Å²) in [5, 5.41) is -0.0564. The molecular weight excluding hydrogens is 234 g/mol. The van der Waals surface area contributed by atoms with E-state index in [0.717, 1.165) is 0 Å². The molecular formula is C10H14ClNO2S. The van der Waals surface area contributed by atoms with E-state index in [-0.39, 0.29) is 12.3 Å². The van der Waals surface area contributed by atoms with Crippen LogP contribution < -0.4 is 5.73 Å². The van der Waals surface area contributed by atoms with Crippen molar-refractivity contribution in [2.75, 3.05) is 6.54 Å². The Hall–Kier alpha value is -0.580. The third kappa shape index (κ3) is 3.19. The maximum Gasteiger partial charge on any atom is 0.158 e. The molecule has 1 aromatic carbocycles. The lowest BCUT2D eigenvalue weighted by atomic mass is 10.2. The lowest BCUT2D eigenvalue weighted by molar-refractivity contribution is 0.583. The molecule has 0 aromatic heterocycles. The summed E-state index contributed by atoms with van der Waals surface area (Å²) in [6, 6.07) is 6.93. The van der Waals surface area contributed by atoms with E-state index in [2.05, 4.69) is 0 Å². The van der Waals surface area contributed by atoms with Crippen LogP contribution in [-0.2, 0) is 15.6 Å². The zero-order valence-electron chi connectivity index (χ0n) is 8.48. The van der Waals surface area contributed by atoms with Gasteiger partial charge in [0.1, 0.15) is 0 Å². The van der Waals surface area contributed by atoms with Gasteiger partial charge in [0.15, 0.2) is 9.84 Å². The minimum absolute atomic E-state index is 0.0506. The predicted octanol–water partition coefficient (Wildman–Crippen LogP) is 1.60. The molecule has 1 rings (SSSR count). The Morgan fingerprint density at radius 1 is 1.40 bits per heavy atom. The summed E-state index contributed by atoms with van der Waals surface area (Å²) >= 11 is 5.88. The van der Waals surface area contributed by atoms with Gasteiger partial charge in [-0.1, -0.05) is 29.8 Å². The second kappa shape index (κ2) is 4.96. The van der Waals surface area contributed by atoms with Crippen molar-refractivity contribution in [2.45, 2.75) is 17.9 Å². The highest BCUT2D eigenvalue weighted by Gasteiger charge is 2.20. The van der Waals surface area contributed by atoms with E-state index in [1.54, 1.807) is 31.2 Å². The van der Waals surface area contributed by atoms with Gasteiger partial charge >= 0.3 is 0 Å².